The third kappa shape index (κ3) is 3.13. The Morgan fingerprint density at radius 3 is 2.76 bits per heavy atom. The summed E-state index contributed by atoms with van der Waals surface area (Å²) in [5.74, 6) is 1.76. The van der Waals surface area contributed by atoms with Crippen molar-refractivity contribution in [3.8, 4) is 12.3 Å². The maximum Gasteiger partial charge on any atom is 0.326 e. The fourth-order valence-electron chi connectivity index (χ4n) is 2.03. The fourth-order valence-corrected chi connectivity index (χ4v) is 2.03. The Bertz CT molecular complexity index is 348. The highest BCUT2D eigenvalue weighted by Crippen LogP contribution is 2.23. The van der Waals surface area contributed by atoms with Gasteiger partial charge in [-0.2, -0.15) is 0 Å². The number of terminal acetylenes is 1. The molecule has 5 nitrogen and oxygen atoms in total. The first-order chi connectivity index (χ1) is 7.97. The predicted octanol–water partition coefficient (Wildman–Crippen LogP) is 0.857. The van der Waals surface area contributed by atoms with Gasteiger partial charge >= 0.3 is 12.0 Å². The van der Waals surface area contributed by atoms with Gasteiger partial charge < -0.3 is 14.9 Å². The van der Waals surface area contributed by atoms with E-state index in [0.29, 0.717) is 18.9 Å². The van der Waals surface area contributed by atoms with Crippen molar-refractivity contribution in [3.63, 3.8) is 0 Å². The summed E-state index contributed by atoms with van der Waals surface area (Å²) in [6, 6.07) is -1.03. The van der Waals surface area contributed by atoms with Crippen LogP contribution >= 0.6 is 0 Å². The Balaban J connectivity index is 2.77. The number of hydrogen-bond donors (Lipinski definition) is 1. The van der Waals surface area contributed by atoms with Gasteiger partial charge in [0.2, 0.25) is 0 Å². The minimum absolute atomic E-state index is 0.192. The molecule has 17 heavy (non-hydrogen) atoms. The Labute approximate surface area is 101 Å². The minimum Gasteiger partial charge on any atom is -0.480 e. The molecule has 94 valence electrons. The number of carboxylic acid groups (broad SMARTS) is 1. The molecule has 0 bridgehead atoms. The molecule has 0 aromatic heterocycles. The number of carboxylic acids is 1. The maximum absolute atomic E-state index is 12.0. The van der Waals surface area contributed by atoms with Crippen molar-refractivity contribution in [2.45, 2.75) is 25.8 Å². The lowest BCUT2D eigenvalue weighted by atomic mass is 9.93. The molecule has 5 heteroatoms. The zero-order chi connectivity index (χ0) is 13.0. The van der Waals surface area contributed by atoms with Crippen molar-refractivity contribution in [2.24, 2.45) is 5.92 Å². The quantitative estimate of drug-likeness (QED) is 0.726. The summed E-state index contributed by atoms with van der Waals surface area (Å²) in [4.78, 5) is 25.9. The van der Waals surface area contributed by atoms with Crippen molar-refractivity contribution < 1.29 is 14.7 Å². The highest BCUT2D eigenvalue weighted by Gasteiger charge is 2.35. The van der Waals surface area contributed by atoms with Crippen LogP contribution in [0.2, 0.25) is 0 Å². The number of rotatable bonds is 2. The number of amides is 2. The van der Waals surface area contributed by atoms with Gasteiger partial charge in [0.1, 0.15) is 6.04 Å². The first-order valence-corrected chi connectivity index (χ1v) is 5.65. The van der Waals surface area contributed by atoms with E-state index in [-0.39, 0.29) is 12.6 Å². The molecule has 0 spiro atoms. The summed E-state index contributed by atoms with van der Waals surface area (Å²) in [7, 11) is 1.58. The van der Waals surface area contributed by atoms with E-state index in [4.69, 9.17) is 11.5 Å². The largest absolute Gasteiger partial charge is 0.480 e. The summed E-state index contributed by atoms with van der Waals surface area (Å²) in [6.07, 6.45) is 6.47. The Hall–Kier alpha value is -1.70. The molecular formula is C12H18N2O3. The molecular weight excluding hydrogens is 220 g/mol. The van der Waals surface area contributed by atoms with Gasteiger partial charge in [-0.1, -0.05) is 12.8 Å². The third-order valence-electron chi connectivity index (χ3n) is 3.05. The van der Waals surface area contributed by atoms with Crippen molar-refractivity contribution in [3.05, 3.63) is 0 Å². The Kier molecular flexibility index (Phi) is 4.38. The van der Waals surface area contributed by atoms with Gasteiger partial charge in [0.15, 0.2) is 0 Å². The highest BCUT2D eigenvalue weighted by molar-refractivity contribution is 5.83. The van der Waals surface area contributed by atoms with Gasteiger partial charge in [0, 0.05) is 13.6 Å². The number of carbonyl (C=O) groups excluding carboxylic acids is 1. The second-order valence-corrected chi connectivity index (χ2v) is 4.52. The van der Waals surface area contributed by atoms with Crippen LogP contribution in [0, 0.1) is 18.3 Å². The second kappa shape index (κ2) is 5.58. The lowest BCUT2D eigenvalue weighted by Crippen LogP contribution is -2.53. The van der Waals surface area contributed by atoms with Gasteiger partial charge in [-0.3, -0.25) is 0 Å². The number of hydrogen-bond acceptors (Lipinski definition) is 2. The number of piperidine rings is 1. The number of likely N-dealkylation sites (tertiary alicyclic amines) is 1. The second-order valence-electron chi connectivity index (χ2n) is 4.52. The van der Waals surface area contributed by atoms with Crippen LogP contribution in [0.5, 0.6) is 0 Å². The molecule has 0 aromatic carbocycles. The molecule has 1 aliphatic heterocycles. The van der Waals surface area contributed by atoms with Gasteiger partial charge in [-0.05, 0) is 18.8 Å². The summed E-state index contributed by atoms with van der Waals surface area (Å²) in [6.45, 7) is 2.67. The van der Waals surface area contributed by atoms with Crippen molar-refractivity contribution in [1.82, 2.24) is 9.80 Å². The Morgan fingerprint density at radius 2 is 2.24 bits per heavy atom. The topological polar surface area (TPSA) is 60.9 Å². The van der Waals surface area contributed by atoms with E-state index in [1.807, 2.05) is 6.92 Å². The van der Waals surface area contributed by atoms with E-state index < -0.39 is 12.0 Å². The van der Waals surface area contributed by atoms with E-state index in [2.05, 4.69) is 5.92 Å². The van der Waals surface area contributed by atoms with E-state index in [1.54, 1.807) is 7.05 Å². The normalized spacial score (nSPS) is 23.9. The van der Waals surface area contributed by atoms with Gasteiger partial charge in [-0.15, -0.1) is 6.42 Å². The van der Waals surface area contributed by atoms with Crippen LogP contribution < -0.4 is 0 Å². The molecule has 0 radical (unpaired) electrons. The number of aliphatic carboxylic acids is 1. The monoisotopic (exact) mass is 238 g/mol. The highest BCUT2D eigenvalue weighted by atomic mass is 16.4. The number of carbonyl (C=O) groups is 2. The molecule has 2 atom stereocenters. The summed E-state index contributed by atoms with van der Waals surface area (Å²) in [5.41, 5.74) is 0. The molecule has 1 saturated heterocycles. The lowest BCUT2D eigenvalue weighted by molar-refractivity contribution is -0.144. The summed E-state index contributed by atoms with van der Waals surface area (Å²) < 4.78 is 0. The third-order valence-corrected chi connectivity index (χ3v) is 3.05. The molecule has 2 unspecified atom stereocenters. The molecule has 0 aliphatic carbocycles. The summed E-state index contributed by atoms with van der Waals surface area (Å²) >= 11 is 0. The van der Waals surface area contributed by atoms with Crippen LogP contribution in [0.15, 0.2) is 0 Å². The molecule has 2 amide bonds. The van der Waals surface area contributed by atoms with E-state index in [0.717, 1.165) is 6.42 Å². The first-order valence-electron chi connectivity index (χ1n) is 5.65. The molecule has 1 fully saturated rings. The van der Waals surface area contributed by atoms with Crippen LogP contribution in [0.4, 0.5) is 4.79 Å². The van der Waals surface area contributed by atoms with Crippen molar-refractivity contribution >= 4 is 12.0 Å². The molecule has 0 saturated carbocycles. The van der Waals surface area contributed by atoms with Gasteiger partial charge in [-0.25, -0.2) is 9.59 Å². The SMILES string of the molecule is C#CCN(C)C(=O)N1CCC(C)CC1C(=O)O. The first kappa shape index (κ1) is 13.4. The molecule has 0 aromatic rings. The van der Waals surface area contributed by atoms with E-state index in [1.165, 1.54) is 9.80 Å². The predicted molar refractivity (Wildman–Crippen MR) is 63.4 cm³/mol. The fraction of sp³-hybridized carbons (Fsp3) is 0.667. The molecule has 1 heterocycles. The minimum atomic E-state index is -0.945. The van der Waals surface area contributed by atoms with Crippen molar-refractivity contribution in [1.29, 1.82) is 0 Å². The van der Waals surface area contributed by atoms with Crippen LogP contribution in [0.25, 0.3) is 0 Å². The standard InChI is InChI=1S/C12H18N2O3/c1-4-6-13(3)12(17)14-7-5-9(2)8-10(14)11(15)16/h1,9-10H,5-8H2,2-3H3,(H,15,16). The summed E-state index contributed by atoms with van der Waals surface area (Å²) in [5, 5.41) is 9.13. The molecule has 1 rings (SSSR count). The number of nitrogens with zero attached hydrogens (tertiary/aromatic N) is 2. The van der Waals surface area contributed by atoms with Crippen LogP contribution in [-0.4, -0.2) is 53.1 Å². The van der Waals surface area contributed by atoms with E-state index >= 15 is 0 Å². The molecule has 1 N–H and O–H groups in total. The van der Waals surface area contributed by atoms with Gasteiger partial charge in [0.25, 0.3) is 0 Å². The van der Waals surface area contributed by atoms with E-state index in [9.17, 15) is 9.59 Å². The Morgan fingerprint density at radius 1 is 1.59 bits per heavy atom. The van der Waals surface area contributed by atoms with Crippen LogP contribution in [0.1, 0.15) is 19.8 Å². The maximum atomic E-state index is 12.0. The smallest absolute Gasteiger partial charge is 0.326 e. The van der Waals surface area contributed by atoms with Crippen molar-refractivity contribution in [2.75, 3.05) is 20.1 Å². The molecule has 1 aliphatic rings. The van der Waals surface area contributed by atoms with Gasteiger partial charge in [0.05, 0.1) is 6.54 Å². The van der Waals surface area contributed by atoms with Crippen LogP contribution in [0.3, 0.4) is 0 Å². The average molecular weight is 238 g/mol. The van der Waals surface area contributed by atoms with Crippen LogP contribution in [-0.2, 0) is 4.79 Å². The average Bonchev–Trinajstić information content (AvgIpc) is 2.28. The zero-order valence-electron chi connectivity index (χ0n) is 10.2. The number of urea groups is 1. The zero-order valence-corrected chi connectivity index (χ0v) is 10.2. The lowest BCUT2D eigenvalue weighted by Gasteiger charge is -2.37.